The molecule has 5 nitrogen and oxygen atoms in total. The molecule has 0 radical (unpaired) electrons. The third-order valence-corrected chi connectivity index (χ3v) is 6.98. The number of methoxy groups -OCH3 is 1. The van der Waals surface area contributed by atoms with Gasteiger partial charge >= 0.3 is 0 Å². The zero-order chi connectivity index (χ0) is 20.1. The van der Waals surface area contributed by atoms with Crippen LogP contribution in [-0.2, 0) is 4.79 Å². The first-order valence-electron chi connectivity index (χ1n) is 10.5. The first-order chi connectivity index (χ1) is 14.1. The molecule has 1 saturated heterocycles. The van der Waals surface area contributed by atoms with Crippen molar-refractivity contribution in [2.75, 3.05) is 32.2 Å². The zero-order valence-electron chi connectivity index (χ0n) is 17.0. The van der Waals surface area contributed by atoms with Gasteiger partial charge in [0.2, 0.25) is 5.91 Å². The van der Waals surface area contributed by atoms with Crippen LogP contribution in [0.2, 0.25) is 0 Å². The first kappa shape index (κ1) is 18.5. The number of ether oxygens (including phenoxy) is 1. The highest BCUT2D eigenvalue weighted by atomic mass is 16.5. The number of likely N-dealkylation sites (tertiary alicyclic amines) is 1. The second-order valence-electron chi connectivity index (χ2n) is 8.57. The van der Waals surface area contributed by atoms with Crippen LogP contribution < -0.4 is 9.64 Å². The SMILES string of the molecule is COc1ccc(-c2ccc3c(c2)[C@H]2[C@H](CCN2C(=O)C2CC2)[C@@H](CO)N3C)cc1. The molecular weight excluding hydrogens is 364 g/mol. The highest BCUT2D eigenvalue weighted by Crippen LogP contribution is 2.50. The largest absolute Gasteiger partial charge is 0.497 e. The monoisotopic (exact) mass is 392 g/mol. The van der Waals surface area contributed by atoms with Gasteiger partial charge in [-0.2, -0.15) is 0 Å². The summed E-state index contributed by atoms with van der Waals surface area (Å²) in [5.74, 6) is 1.63. The van der Waals surface area contributed by atoms with Crippen molar-refractivity contribution in [2.24, 2.45) is 11.8 Å². The Bertz CT molecular complexity index is 922. The van der Waals surface area contributed by atoms with Crippen molar-refractivity contribution in [2.45, 2.75) is 31.3 Å². The van der Waals surface area contributed by atoms with E-state index in [0.29, 0.717) is 5.91 Å². The fourth-order valence-electron chi connectivity index (χ4n) is 5.23. The fraction of sp³-hybridized carbons (Fsp3) is 0.458. The van der Waals surface area contributed by atoms with Crippen molar-refractivity contribution in [3.63, 3.8) is 0 Å². The quantitative estimate of drug-likeness (QED) is 0.866. The molecule has 2 heterocycles. The predicted molar refractivity (Wildman–Crippen MR) is 113 cm³/mol. The molecule has 1 saturated carbocycles. The summed E-state index contributed by atoms with van der Waals surface area (Å²) >= 11 is 0. The minimum Gasteiger partial charge on any atom is -0.497 e. The molecule has 1 N–H and O–H groups in total. The second-order valence-corrected chi connectivity index (χ2v) is 8.57. The lowest BCUT2D eigenvalue weighted by Crippen LogP contribution is -2.48. The molecule has 5 heteroatoms. The summed E-state index contributed by atoms with van der Waals surface area (Å²) in [6.45, 7) is 0.907. The molecule has 3 atom stereocenters. The second kappa shape index (κ2) is 7.06. The van der Waals surface area contributed by atoms with E-state index in [1.807, 2.05) is 12.1 Å². The maximum Gasteiger partial charge on any atom is 0.226 e. The van der Waals surface area contributed by atoms with Gasteiger partial charge in [0.25, 0.3) is 0 Å². The van der Waals surface area contributed by atoms with Crippen LogP contribution in [0.5, 0.6) is 5.75 Å². The van der Waals surface area contributed by atoms with Gasteiger partial charge in [-0.3, -0.25) is 4.79 Å². The van der Waals surface area contributed by atoms with E-state index in [9.17, 15) is 9.90 Å². The molecule has 1 aliphatic carbocycles. The topological polar surface area (TPSA) is 53.0 Å². The Morgan fingerprint density at radius 2 is 1.83 bits per heavy atom. The van der Waals surface area contributed by atoms with Gasteiger partial charge in [-0.05, 0) is 60.2 Å². The average Bonchev–Trinajstić information content (AvgIpc) is 3.52. The smallest absolute Gasteiger partial charge is 0.226 e. The number of nitrogens with zero attached hydrogens (tertiary/aromatic N) is 2. The van der Waals surface area contributed by atoms with E-state index in [2.05, 4.69) is 47.2 Å². The van der Waals surface area contributed by atoms with Gasteiger partial charge in [-0.15, -0.1) is 0 Å². The van der Waals surface area contributed by atoms with E-state index in [1.165, 1.54) is 5.56 Å². The van der Waals surface area contributed by atoms with Crippen LogP contribution in [0, 0.1) is 11.8 Å². The molecule has 2 aromatic carbocycles. The molecule has 2 fully saturated rings. The predicted octanol–water partition coefficient (Wildman–Crippen LogP) is 3.47. The number of hydrogen-bond acceptors (Lipinski definition) is 4. The minimum atomic E-state index is 0.0522. The Kier molecular flexibility index (Phi) is 4.50. The molecule has 2 aromatic rings. The van der Waals surface area contributed by atoms with Crippen LogP contribution in [0.15, 0.2) is 42.5 Å². The molecular formula is C24H28N2O3. The Balaban J connectivity index is 1.58. The van der Waals surface area contributed by atoms with Crippen LogP contribution in [0.4, 0.5) is 5.69 Å². The van der Waals surface area contributed by atoms with E-state index in [0.717, 1.165) is 48.4 Å². The third kappa shape index (κ3) is 2.99. The third-order valence-electron chi connectivity index (χ3n) is 6.98. The van der Waals surface area contributed by atoms with Crippen LogP contribution in [-0.4, -0.2) is 49.3 Å². The summed E-state index contributed by atoms with van der Waals surface area (Å²) in [5.41, 5.74) is 4.61. The maximum atomic E-state index is 13.0. The number of likely N-dealkylation sites (N-methyl/N-ethyl adjacent to an activating group) is 1. The van der Waals surface area contributed by atoms with Gasteiger partial charge in [0, 0.05) is 31.1 Å². The number of carbonyl (C=O) groups is 1. The number of aliphatic hydroxyl groups excluding tert-OH is 1. The summed E-state index contributed by atoms with van der Waals surface area (Å²) in [6, 6.07) is 14.7. The minimum absolute atomic E-state index is 0.0522. The molecule has 1 amide bonds. The molecule has 0 aromatic heterocycles. The van der Waals surface area contributed by atoms with Crippen LogP contribution in [0.25, 0.3) is 11.1 Å². The van der Waals surface area contributed by atoms with E-state index in [1.54, 1.807) is 7.11 Å². The Morgan fingerprint density at radius 3 is 2.48 bits per heavy atom. The van der Waals surface area contributed by atoms with Crippen molar-refractivity contribution in [3.8, 4) is 16.9 Å². The lowest BCUT2D eigenvalue weighted by molar-refractivity contribution is -0.134. The highest BCUT2D eigenvalue weighted by molar-refractivity contribution is 5.83. The van der Waals surface area contributed by atoms with Gasteiger partial charge in [-0.1, -0.05) is 18.2 Å². The van der Waals surface area contributed by atoms with E-state index < -0.39 is 0 Å². The number of rotatable bonds is 4. The number of carbonyl (C=O) groups excluding carboxylic acids is 1. The van der Waals surface area contributed by atoms with Crippen LogP contribution in [0.1, 0.15) is 30.9 Å². The lowest BCUT2D eigenvalue weighted by atomic mass is 9.81. The van der Waals surface area contributed by atoms with Crippen LogP contribution >= 0.6 is 0 Å². The number of aliphatic hydroxyl groups is 1. The van der Waals surface area contributed by atoms with Gasteiger partial charge in [-0.25, -0.2) is 0 Å². The number of anilines is 1. The molecule has 0 unspecified atom stereocenters. The van der Waals surface area contributed by atoms with Gasteiger partial charge in [0.1, 0.15) is 5.75 Å². The molecule has 5 rings (SSSR count). The average molecular weight is 392 g/mol. The van der Waals surface area contributed by atoms with Gasteiger partial charge in [0.05, 0.1) is 25.8 Å². The summed E-state index contributed by atoms with van der Waals surface area (Å²) in [6.07, 6.45) is 2.99. The van der Waals surface area contributed by atoms with Crippen LogP contribution in [0.3, 0.4) is 0 Å². The standard InChI is InChI=1S/C24H28N2O3/c1-25-21-10-7-17(15-5-8-18(29-2)9-6-15)13-20(21)23-19(22(25)14-27)11-12-26(23)24(28)16-3-4-16/h5-10,13,16,19,22-23,27H,3-4,11-12,14H2,1-2H3/t19-,22-,23-/m1/s1. The molecule has 152 valence electrons. The number of hydrogen-bond donors (Lipinski definition) is 1. The first-order valence-corrected chi connectivity index (χ1v) is 10.5. The summed E-state index contributed by atoms with van der Waals surface area (Å²) < 4.78 is 5.28. The van der Waals surface area contributed by atoms with Gasteiger partial charge < -0.3 is 19.6 Å². The molecule has 2 aliphatic heterocycles. The Labute approximate surface area is 171 Å². The lowest BCUT2D eigenvalue weighted by Gasteiger charge is -2.44. The maximum absolute atomic E-state index is 13.0. The van der Waals surface area contributed by atoms with E-state index >= 15 is 0 Å². The number of amides is 1. The van der Waals surface area contributed by atoms with E-state index in [4.69, 9.17) is 4.74 Å². The summed E-state index contributed by atoms with van der Waals surface area (Å²) in [7, 11) is 3.74. The molecule has 3 aliphatic rings. The Morgan fingerprint density at radius 1 is 1.10 bits per heavy atom. The van der Waals surface area contributed by atoms with Crippen molar-refractivity contribution >= 4 is 11.6 Å². The fourth-order valence-corrected chi connectivity index (χ4v) is 5.23. The Hall–Kier alpha value is -2.53. The van der Waals surface area contributed by atoms with Crippen molar-refractivity contribution in [3.05, 3.63) is 48.0 Å². The van der Waals surface area contributed by atoms with Crippen molar-refractivity contribution < 1.29 is 14.6 Å². The summed E-state index contributed by atoms with van der Waals surface area (Å²) in [4.78, 5) is 17.3. The normalized spacial score (nSPS) is 25.6. The van der Waals surface area contributed by atoms with Crippen molar-refractivity contribution in [1.29, 1.82) is 0 Å². The molecule has 0 spiro atoms. The molecule has 29 heavy (non-hydrogen) atoms. The number of fused-ring (bicyclic) bond motifs is 3. The zero-order valence-corrected chi connectivity index (χ0v) is 17.0. The van der Waals surface area contributed by atoms with Gasteiger partial charge in [0.15, 0.2) is 0 Å². The van der Waals surface area contributed by atoms with Crippen molar-refractivity contribution in [1.82, 2.24) is 4.90 Å². The molecule has 0 bridgehead atoms. The number of benzene rings is 2. The van der Waals surface area contributed by atoms with E-state index in [-0.39, 0.29) is 30.5 Å². The highest BCUT2D eigenvalue weighted by Gasteiger charge is 2.49. The summed E-state index contributed by atoms with van der Waals surface area (Å²) in [5, 5.41) is 10.1.